The number of nitrogens with zero attached hydrogens (tertiary/aromatic N) is 2. The summed E-state index contributed by atoms with van der Waals surface area (Å²) >= 11 is 0. The van der Waals surface area contributed by atoms with Gasteiger partial charge in [0, 0.05) is 5.92 Å². The van der Waals surface area contributed by atoms with Crippen molar-refractivity contribution >= 4 is 0 Å². The van der Waals surface area contributed by atoms with Crippen molar-refractivity contribution in [2.45, 2.75) is 25.8 Å². The van der Waals surface area contributed by atoms with Crippen LogP contribution in [0.4, 0.5) is 4.39 Å². The maximum absolute atomic E-state index is 13.1. The summed E-state index contributed by atoms with van der Waals surface area (Å²) in [4.78, 5) is 4.19. The van der Waals surface area contributed by atoms with Crippen LogP contribution in [0, 0.1) is 5.82 Å². The Morgan fingerprint density at radius 2 is 2.12 bits per heavy atom. The number of hydrogen-bond acceptors (Lipinski definition) is 4. The van der Waals surface area contributed by atoms with Crippen LogP contribution in [0.5, 0.6) is 0 Å². The first-order chi connectivity index (χ1) is 8.08. The fraction of sp³-hybridized carbons (Fsp3) is 0.333. The Balaban J connectivity index is 2.27. The van der Waals surface area contributed by atoms with Crippen molar-refractivity contribution in [2.24, 2.45) is 5.73 Å². The number of benzene rings is 1. The van der Waals surface area contributed by atoms with Gasteiger partial charge in [0.1, 0.15) is 5.82 Å². The molecule has 1 aromatic carbocycles. The van der Waals surface area contributed by atoms with E-state index in [1.807, 2.05) is 13.8 Å². The summed E-state index contributed by atoms with van der Waals surface area (Å²) < 4.78 is 18.1. The van der Waals surface area contributed by atoms with Crippen LogP contribution < -0.4 is 5.73 Å². The summed E-state index contributed by atoms with van der Waals surface area (Å²) in [7, 11) is 0. The van der Waals surface area contributed by atoms with E-state index in [0.29, 0.717) is 17.3 Å². The second-order valence-corrected chi connectivity index (χ2v) is 4.18. The first kappa shape index (κ1) is 11.7. The summed E-state index contributed by atoms with van der Waals surface area (Å²) in [5, 5.41) is 3.81. The predicted molar refractivity (Wildman–Crippen MR) is 60.8 cm³/mol. The molecule has 0 bridgehead atoms. The fourth-order valence-electron chi connectivity index (χ4n) is 1.46. The van der Waals surface area contributed by atoms with Crippen LogP contribution in [0.25, 0.3) is 0 Å². The average molecular weight is 235 g/mol. The van der Waals surface area contributed by atoms with Gasteiger partial charge in [-0.1, -0.05) is 31.1 Å². The van der Waals surface area contributed by atoms with Gasteiger partial charge < -0.3 is 10.3 Å². The minimum absolute atomic E-state index is 0.149. The lowest BCUT2D eigenvalue weighted by Crippen LogP contribution is -2.13. The van der Waals surface area contributed by atoms with Gasteiger partial charge in [-0.25, -0.2) is 4.39 Å². The predicted octanol–water partition coefficient (Wildman–Crippen LogP) is 2.38. The lowest BCUT2D eigenvalue weighted by molar-refractivity contribution is 0.359. The van der Waals surface area contributed by atoms with Crippen LogP contribution in [0.15, 0.2) is 28.8 Å². The van der Waals surface area contributed by atoms with Crippen LogP contribution in [0.3, 0.4) is 0 Å². The molecule has 0 radical (unpaired) electrons. The third-order valence-electron chi connectivity index (χ3n) is 2.44. The smallest absolute Gasteiger partial charge is 0.229 e. The van der Waals surface area contributed by atoms with E-state index in [1.165, 1.54) is 12.1 Å². The molecule has 1 heterocycles. The Bertz CT molecular complexity index is 510. The van der Waals surface area contributed by atoms with Gasteiger partial charge in [0.05, 0.1) is 6.04 Å². The molecule has 17 heavy (non-hydrogen) atoms. The van der Waals surface area contributed by atoms with E-state index in [9.17, 15) is 4.39 Å². The van der Waals surface area contributed by atoms with E-state index >= 15 is 0 Å². The van der Waals surface area contributed by atoms with Crippen molar-refractivity contribution in [3.63, 3.8) is 0 Å². The molecule has 1 atom stereocenters. The van der Waals surface area contributed by atoms with Gasteiger partial charge >= 0.3 is 0 Å². The van der Waals surface area contributed by atoms with E-state index < -0.39 is 6.04 Å². The highest BCUT2D eigenvalue weighted by Crippen LogP contribution is 2.19. The Morgan fingerprint density at radius 1 is 1.35 bits per heavy atom. The lowest BCUT2D eigenvalue weighted by atomic mass is 10.1. The molecule has 2 rings (SSSR count). The second-order valence-electron chi connectivity index (χ2n) is 4.18. The van der Waals surface area contributed by atoms with E-state index in [4.69, 9.17) is 10.3 Å². The van der Waals surface area contributed by atoms with E-state index in [1.54, 1.807) is 12.1 Å². The zero-order valence-corrected chi connectivity index (χ0v) is 9.72. The summed E-state index contributed by atoms with van der Waals surface area (Å²) in [5.41, 5.74) is 6.57. The third-order valence-corrected chi connectivity index (χ3v) is 2.44. The zero-order valence-electron chi connectivity index (χ0n) is 9.72. The maximum Gasteiger partial charge on any atom is 0.229 e. The zero-order chi connectivity index (χ0) is 12.4. The molecule has 90 valence electrons. The SMILES string of the molecule is CC(C)c1nc(C(N)c2cccc(F)c2)no1. The van der Waals surface area contributed by atoms with Crippen molar-refractivity contribution in [2.75, 3.05) is 0 Å². The van der Waals surface area contributed by atoms with Crippen molar-refractivity contribution in [3.8, 4) is 0 Å². The monoisotopic (exact) mass is 235 g/mol. The first-order valence-electron chi connectivity index (χ1n) is 5.42. The van der Waals surface area contributed by atoms with Gasteiger partial charge in [0.25, 0.3) is 0 Å². The number of rotatable bonds is 3. The molecular formula is C12H14FN3O. The Labute approximate surface area is 98.6 Å². The summed E-state index contributed by atoms with van der Waals surface area (Å²) in [6.07, 6.45) is 0. The molecule has 1 unspecified atom stereocenters. The molecule has 0 aliphatic heterocycles. The molecule has 4 nitrogen and oxygen atoms in total. The van der Waals surface area contributed by atoms with Gasteiger partial charge in [-0.3, -0.25) is 0 Å². The lowest BCUT2D eigenvalue weighted by Gasteiger charge is -2.06. The van der Waals surface area contributed by atoms with Crippen molar-refractivity contribution in [1.82, 2.24) is 10.1 Å². The van der Waals surface area contributed by atoms with Gasteiger partial charge in [0.15, 0.2) is 5.82 Å². The molecular weight excluding hydrogens is 221 g/mol. The minimum Gasteiger partial charge on any atom is -0.339 e. The molecule has 0 saturated carbocycles. The summed E-state index contributed by atoms with van der Waals surface area (Å²) in [6, 6.07) is 5.51. The number of halogens is 1. The molecule has 0 spiro atoms. The molecule has 0 amide bonds. The molecule has 5 heteroatoms. The quantitative estimate of drug-likeness (QED) is 0.887. The van der Waals surface area contributed by atoms with E-state index in [2.05, 4.69) is 10.1 Å². The van der Waals surface area contributed by atoms with Crippen LogP contribution in [0.2, 0.25) is 0 Å². The molecule has 2 aromatic rings. The van der Waals surface area contributed by atoms with E-state index in [-0.39, 0.29) is 11.7 Å². The topological polar surface area (TPSA) is 64.9 Å². The highest BCUT2D eigenvalue weighted by atomic mass is 19.1. The number of nitrogens with two attached hydrogens (primary N) is 1. The standard InChI is InChI=1S/C12H14FN3O/c1-7(2)12-15-11(16-17-12)10(14)8-4-3-5-9(13)6-8/h3-7,10H,14H2,1-2H3. The Morgan fingerprint density at radius 3 is 2.71 bits per heavy atom. The average Bonchev–Trinajstić information content (AvgIpc) is 2.77. The maximum atomic E-state index is 13.1. The van der Waals surface area contributed by atoms with Gasteiger partial charge in [-0.15, -0.1) is 0 Å². The molecule has 0 aliphatic rings. The van der Waals surface area contributed by atoms with Crippen LogP contribution in [-0.2, 0) is 0 Å². The van der Waals surface area contributed by atoms with Gasteiger partial charge in [-0.05, 0) is 17.7 Å². The normalized spacial score (nSPS) is 13.0. The highest BCUT2D eigenvalue weighted by Gasteiger charge is 2.17. The van der Waals surface area contributed by atoms with Crippen LogP contribution >= 0.6 is 0 Å². The van der Waals surface area contributed by atoms with Crippen molar-refractivity contribution in [1.29, 1.82) is 0 Å². The molecule has 0 aliphatic carbocycles. The molecule has 2 N–H and O–H groups in total. The largest absolute Gasteiger partial charge is 0.339 e. The van der Waals surface area contributed by atoms with Crippen molar-refractivity contribution < 1.29 is 8.91 Å². The first-order valence-corrected chi connectivity index (χ1v) is 5.42. The minimum atomic E-state index is -0.568. The molecule has 1 aromatic heterocycles. The molecule has 0 saturated heterocycles. The highest BCUT2D eigenvalue weighted by molar-refractivity contribution is 5.24. The fourth-order valence-corrected chi connectivity index (χ4v) is 1.46. The Hall–Kier alpha value is -1.75. The number of aromatic nitrogens is 2. The van der Waals surface area contributed by atoms with Gasteiger partial charge in [0.2, 0.25) is 5.89 Å². The summed E-state index contributed by atoms with van der Waals surface area (Å²) in [6.45, 7) is 3.90. The van der Waals surface area contributed by atoms with Gasteiger partial charge in [-0.2, -0.15) is 4.98 Å². The van der Waals surface area contributed by atoms with Crippen molar-refractivity contribution in [3.05, 3.63) is 47.4 Å². The Kier molecular flexibility index (Phi) is 3.19. The van der Waals surface area contributed by atoms with Crippen LogP contribution in [-0.4, -0.2) is 10.1 Å². The van der Waals surface area contributed by atoms with E-state index in [0.717, 1.165) is 0 Å². The second kappa shape index (κ2) is 4.63. The summed E-state index contributed by atoms with van der Waals surface area (Å²) in [5.74, 6) is 0.729. The third kappa shape index (κ3) is 2.50. The number of hydrogen-bond donors (Lipinski definition) is 1. The van der Waals surface area contributed by atoms with Crippen LogP contribution in [0.1, 0.15) is 43.1 Å². The molecule has 0 fully saturated rings.